The minimum Gasteiger partial charge on any atom is -0.478 e. The average molecular weight is 321 g/mol. The molecule has 2 heterocycles. The van der Waals surface area contributed by atoms with Crippen LogP contribution in [-0.2, 0) is 17.8 Å². The van der Waals surface area contributed by atoms with E-state index in [1.807, 2.05) is 4.57 Å². The van der Waals surface area contributed by atoms with Crippen LogP contribution in [0.3, 0.4) is 0 Å². The van der Waals surface area contributed by atoms with Crippen LogP contribution in [0.25, 0.3) is 0 Å². The first kappa shape index (κ1) is 15.5. The molecule has 0 saturated carbocycles. The zero-order valence-corrected chi connectivity index (χ0v) is 12.7. The van der Waals surface area contributed by atoms with Crippen LogP contribution in [0.15, 0.2) is 24.4 Å². The molecule has 0 bridgehead atoms. The fourth-order valence-corrected chi connectivity index (χ4v) is 2.56. The third-order valence-corrected chi connectivity index (χ3v) is 3.79. The minimum atomic E-state index is -0.926. The normalized spacial score (nSPS) is 14.9. The lowest BCUT2D eigenvalue weighted by Gasteiger charge is -2.18. The van der Waals surface area contributed by atoms with Crippen molar-refractivity contribution in [3.8, 4) is 5.75 Å². The molecule has 0 saturated heterocycles. The largest absolute Gasteiger partial charge is 0.478 e. The second-order valence-corrected chi connectivity index (χ2v) is 5.49. The highest BCUT2D eigenvalue weighted by atomic mass is 19.1. The van der Waals surface area contributed by atoms with E-state index >= 15 is 0 Å². The summed E-state index contributed by atoms with van der Waals surface area (Å²) in [5.74, 6) is -0.556. The number of hydrogen-bond donors (Lipinski definition) is 1. The van der Waals surface area contributed by atoms with E-state index in [2.05, 4.69) is 10.3 Å². The Bertz CT molecular complexity index is 730. The summed E-state index contributed by atoms with van der Waals surface area (Å²) in [6.07, 6.45) is 3.71. The number of halogens is 2. The average Bonchev–Trinajstić information content (AvgIpc) is 2.93. The first-order valence-corrected chi connectivity index (χ1v) is 7.51. The van der Waals surface area contributed by atoms with Gasteiger partial charge in [-0.15, -0.1) is 0 Å². The Balaban J connectivity index is 1.67. The van der Waals surface area contributed by atoms with Gasteiger partial charge in [-0.3, -0.25) is 4.79 Å². The lowest BCUT2D eigenvalue weighted by molar-refractivity contribution is -0.122. The van der Waals surface area contributed by atoms with Crippen LogP contribution in [-0.4, -0.2) is 21.6 Å². The fourth-order valence-electron chi connectivity index (χ4n) is 2.56. The van der Waals surface area contributed by atoms with Gasteiger partial charge in [0, 0.05) is 19.0 Å². The van der Waals surface area contributed by atoms with Gasteiger partial charge in [0.2, 0.25) is 0 Å². The van der Waals surface area contributed by atoms with Gasteiger partial charge in [0.15, 0.2) is 17.7 Å². The molecule has 1 aliphatic heterocycles. The molecule has 23 heavy (non-hydrogen) atoms. The molecule has 7 heteroatoms. The first-order valence-electron chi connectivity index (χ1n) is 7.51. The molecule has 0 fully saturated rings. The van der Waals surface area contributed by atoms with E-state index in [0.29, 0.717) is 11.9 Å². The number of rotatable bonds is 4. The monoisotopic (exact) mass is 321 g/mol. The van der Waals surface area contributed by atoms with Crippen LogP contribution < -0.4 is 10.1 Å². The maximum Gasteiger partial charge on any atom is 0.266 e. The SMILES string of the molecule is CC(Oc1ccc(F)cc1F)C(=O)Nc1cnc2n1CCCC2. The van der Waals surface area contributed by atoms with Gasteiger partial charge in [0.25, 0.3) is 5.91 Å². The molecule has 1 aromatic carbocycles. The predicted molar refractivity (Wildman–Crippen MR) is 80.2 cm³/mol. The molecule has 5 nitrogen and oxygen atoms in total. The number of anilines is 1. The molecule has 1 atom stereocenters. The summed E-state index contributed by atoms with van der Waals surface area (Å²) in [7, 11) is 0. The molecular weight excluding hydrogens is 304 g/mol. The number of amides is 1. The number of aromatic nitrogens is 2. The fraction of sp³-hybridized carbons (Fsp3) is 0.375. The van der Waals surface area contributed by atoms with Gasteiger partial charge in [-0.05, 0) is 31.9 Å². The molecule has 1 unspecified atom stereocenters. The summed E-state index contributed by atoms with van der Waals surface area (Å²) in [6, 6.07) is 2.96. The van der Waals surface area contributed by atoms with Crippen LogP contribution in [0.1, 0.15) is 25.6 Å². The summed E-state index contributed by atoms with van der Waals surface area (Å²) in [6.45, 7) is 2.32. The van der Waals surface area contributed by atoms with Crippen LogP contribution in [0.5, 0.6) is 5.75 Å². The molecule has 2 aromatic rings. The molecule has 1 aromatic heterocycles. The lowest BCUT2D eigenvalue weighted by atomic mass is 10.2. The summed E-state index contributed by atoms with van der Waals surface area (Å²) in [5.41, 5.74) is 0. The number of fused-ring (bicyclic) bond motifs is 1. The third-order valence-electron chi connectivity index (χ3n) is 3.79. The van der Waals surface area contributed by atoms with E-state index < -0.39 is 23.6 Å². The highest BCUT2D eigenvalue weighted by molar-refractivity contribution is 5.93. The van der Waals surface area contributed by atoms with E-state index in [9.17, 15) is 13.6 Å². The topological polar surface area (TPSA) is 56.1 Å². The van der Waals surface area contributed by atoms with Gasteiger partial charge >= 0.3 is 0 Å². The Morgan fingerprint density at radius 1 is 1.39 bits per heavy atom. The van der Waals surface area contributed by atoms with Crippen LogP contribution in [0.4, 0.5) is 14.6 Å². The number of imidazole rings is 1. The van der Waals surface area contributed by atoms with Crippen LogP contribution >= 0.6 is 0 Å². The van der Waals surface area contributed by atoms with Gasteiger partial charge in [0.05, 0.1) is 6.20 Å². The summed E-state index contributed by atoms with van der Waals surface area (Å²) < 4.78 is 33.7. The van der Waals surface area contributed by atoms with Crippen molar-refractivity contribution in [3.05, 3.63) is 41.9 Å². The van der Waals surface area contributed by atoms with Crippen molar-refractivity contribution >= 4 is 11.7 Å². The minimum absolute atomic E-state index is 0.163. The van der Waals surface area contributed by atoms with Crippen molar-refractivity contribution in [3.63, 3.8) is 0 Å². The second-order valence-electron chi connectivity index (χ2n) is 5.49. The van der Waals surface area contributed by atoms with E-state index in [4.69, 9.17) is 4.74 Å². The molecular formula is C16H17F2N3O2. The molecule has 0 spiro atoms. The Labute approximate surface area is 132 Å². The predicted octanol–water partition coefficient (Wildman–Crippen LogP) is 2.90. The highest BCUT2D eigenvalue weighted by Crippen LogP contribution is 2.21. The van der Waals surface area contributed by atoms with Crippen molar-refractivity contribution in [2.45, 2.75) is 38.8 Å². The Morgan fingerprint density at radius 2 is 2.22 bits per heavy atom. The Morgan fingerprint density at radius 3 is 3.00 bits per heavy atom. The van der Waals surface area contributed by atoms with Crippen molar-refractivity contribution in [1.29, 1.82) is 0 Å². The summed E-state index contributed by atoms with van der Waals surface area (Å²) >= 11 is 0. The number of carbonyl (C=O) groups excluding carboxylic acids is 1. The maximum absolute atomic E-state index is 13.6. The molecule has 1 N–H and O–H groups in total. The Hall–Kier alpha value is -2.44. The van der Waals surface area contributed by atoms with E-state index in [1.165, 1.54) is 6.92 Å². The molecule has 1 amide bonds. The van der Waals surface area contributed by atoms with Gasteiger partial charge in [0.1, 0.15) is 17.5 Å². The standard InChI is InChI=1S/C16H17F2N3O2/c1-10(23-13-6-5-11(17)8-12(13)18)16(22)20-15-9-19-14-4-2-3-7-21(14)15/h5-6,8-10H,2-4,7H2,1H3,(H,20,22). The molecule has 1 aliphatic rings. The van der Waals surface area contributed by atoms with Crippen molar-refractivity contribution in [2.24, 2.45) is 0 Å². The number of hydrogen-bond acceptors (Lipinski definition) is 3. The van der Waals surface area contributed by atoms with Gasteiger partial charge in [-0.2, -0.15) is 0 Å². The number of benzene rings is 1. The first-order chi connectivity index (χ1) is 11.0. The second kappa shape index (κ2) is 6.36. The van der Waals surface area contributed by atoms with E-state index in [-0.39, 0.29) is 5.75 Å². The van der Waals surface area contributed by atoms with Gasteiger partial charge in [-0.25, -0.2) is 13.8 Å². The molecule has 122 valence electrons. The molecule has 0 radical (unpaired) electrons. The maximum atomic E-state index is 13.6. The molecule has 0 aliphatic carbocycles. The summed E-state index contributed by atoms with van der Waals surface area (Å²) in [5, 5.41) is 2.74. The number of nitrogens with one attached hydrogen (secondary N) is 1. The third kappa shape index (κ3) is 3.33. The van der Waals surface area contributed by atoms with Crippen LogP contribution in [0.2, 0.25) is 0 Å². The number of ether oxygens (including phenoxy) is 1. The number of carbonyl (C=O) groups is 1. The quantitative estimate of drug-likeness (QED) is 0.942. The lowest BCUT2D eigenvalue weighted by Crippen LogP contribution is -2.31. The summed E-state index contributed by atoms with van der Waals surface area (Å²) in [4.78, 5) is 16.5. The number of aryl methyl sites for hydroxylation is 1. The zero-order valence-electron chi connectivity index (χ0n) is 12.7. The van der Waals surface area contributed by atoms with Crippen LogP contribution in [0, 0.1) is 11.6 Å². The number of nitrogens with zero attached hydrogens (tertiary/aromatic N) is 2. The highest BCUT2D eigenvalue weighted by Gasteiger charge is 2.20. The zero-order chi connectivity index (χ0) is 16.4. The molecule has 3 rings (SSSR count). The Kier molecular flexibility index (Phi) is 4.27. The van der Waals surface area contributed by atoms with E-state index in [1.54, 1.807) is 6.20 Å². The van der Waals surface area contributed by atoms with Gasteiger partial charge < -0.3 is 14.6 Å². The van der Waals surface area contributed by atoms with Crippen molar-refractivity contribution < 1.29 is 18.3 Å². The smallest absolute Gasteiger partial charge is 0.266 e. The van der Waals surface area contributed by atoms with E-state index in [0.717, 1.165) is 43.8 Å². The van der Waals surface area contributed by atoms with Crippen molar-refractivity contribution in [2.75, 3.05) is 5.32 Å². The van der Waals surface area contributed by atoms with Crippen molar-refractivity contribution in [1.82, 2.24) is 9.55 Å². The van der Waals surface area contributed by atoms with Gasteiger partial charge in [-0.1, -0.05) is 0 Å².